The van der Waals surface area contributed by atoms with Crippen molar-refractivity contribution < 1.29 is 19.4 Å². The zero-order valence-corrected chi connectivity index (χ0v) is 18.9. The van der Waals surface area contributed by atoms with Gasteiger partial charge in [0.25, 0.3) is 0 Å². The molecule has 0 bridgehead atoms. The first-order valence-corrected chi connectivity index (χ1v) is 10.6. The zero-order valence-electron chi connectivity index (χ0n) is 18.9. The van der Waals surface area contributed by atoms with E-state index in [4.69, 9.17) is 4.74 Å². The highest BCUT2D eigenvalue weighted by molar-refractivity contribution is 5.80. The molecule has 170 valence electrons. The van der Waals surface area contributed by atoms with Crippen LogP contribution in [0.4, 0.5) is 16.2 Å². The summed E-state index contributed by atoms with van der Waals surface area (Å²) in [6.07, 6.45) is -0.686. The molecule has 33 heavy (non-hydrogen) atoms. The Hall–Kier alpha value is -4.00. The highest BCUT2D eigenvalue weighted by Gasteiger charge is 2.24. The molecule has 3 aromatic rings. The van der Waals surface area contributed by atoms with Crippen LogP contribution in [-0.2, 0) is 16.0 Å². The number of carboxylic acids is 1. The molecule has 0 aliphatic heterocycles. The highest BCUT2D eigenvalue weighted by atomic mass is 16.6. The minimum absolute atomic E-state index is 0.0870. The van der Waals surface area contributed by atoms with Crippen LogP contribution >= 0.6 is 0 Å². The number of nitrogens with zero attached hydrogens (tertiary/aromatic N) is 2. The van der Waals surface area contributed by atoms with Crippen LogP contribution in [0.5, 0.6) is 0 Å². The largest absolute Gasteiger partial charge is 0.480 e. The van der Waals surface area contributed by atoms with E-state index in [0.717, 1.165) is 11.1 Å². The zero-order chi connectivity index (χ0) is 23.8. The number of nitrogens with one attached hydrogen (secondary N) is 1. The molecule has 0 aliphatic carbocycles. The third kappa shape index (κ3) is 7.57. The van der Waals surface area contributed by atoms with E-state index in [1.165, 1.54) is 0 Å². The SMILES string of the molecule is CC(C)(C)OC(=O)N[C@@H](Cc1cccc(N=Nc2ccc(-c3ccccc3)cc2)c1)C(=O)O. The predicted molar refractivity (Wildman–Crippen MR) is 127 cm³/mol. The minimum Gasteiger partial charge on any atom is -0.480 e. The third-order valence-electron chi connectivity index (χ3n) is 4.59. The molecular weight excluding hydrogens is 418 g/mol. The standard InChI is InChI=1S/C26H27N3O4/c1-26(2,3)33-25(32)27-23(24(30)31)17-18-8-7-11-22(16-18)29-28-21-14-12-20(13-15-21)19-9-5-4-6-10-19/h4-16,23H,17H2,1-3H3,(H,27,32)(H,30,31)/t23-/m0/s1. The van der Waals surface area contributed by atoms with Crippen LogP contribution in [0.25, 0.3) is 11.1 Å². The molecule has 0 radical (unpaired) electrons. The Morgan fingerprint density at radius 3 is 2.15 bits per heavy atom. The number of hydrogen-bond donors (Lipinski definition) is 2. The van der Waals surface area contributed by atoms with Gasteiger partial charge in [0.1, 0.15) is 11.6 Å². The van der Waals surface area contributed by atoms with Gasteiger partial charge < -0.3 is 15.2 Å². The summed E-state index contributed by atoms with van der Waals surface area (Å²) in [5.74, 6) is -1.15. The van der Waals surface area contributed by atoms with E-state index >= 15 is 0 Å². The fraction of sp³-hybridized carbons (Fsp3) is 0.231. The molecule has 1 amide bonds. The van der Waals surface area contributed by atoms with Gasteiger partial charge in [-0.15, -0.1) is 0 Å². The molecule has 0 fully saturated rings. The van der Waals surface area contributed by atoms with E-state index in [1.54, 1.807) is 45.0 Å². The number of carboxylic acid groups (broad SMARTS) is 1. The van der Waals surface area contributed by atoms with Crippen molar-refractivity contribution in [3.63, 3.8) is 0 Å². The maximum Gasteiger partial charge on any atom is 0.408 e. The molecule has 0 saturated heterocycles. The molecule has 0 aromatic heterocycles. The second-order valence-electron chi connectivity index (χ2n) is 8.52. The van der Waals surface area contributed by atoms with Crippen LogP contribution in [0.15, 0.2) is 89.1 Å². The maximum absolute atomic E-state index is 12.0. The fourth-order valence-corrected chi connectivity index (χ4v) is 3.10. The normalized spacial score (nSPS) is 12.3. The molecule has 0 heterocycles. The number of carbonyl (C=O) groups excluding carboxylic acids is 1. The summed E-state index contributed by atoms with van der Waals surface area (Å²) in [5.41, 5.74) is 3.49. The maximum atomic E-state index is 12.0. The summed E-state index contributed by atoms with van der Waals surface area (Å²) in [4.78, 5) is 23.6. The van der Waals surface area contributed by atoms with Crippen LogP contribution < -0.4 is 5.32 Å². The monoisotopic (exact) mass is 445 g/mol. The molecule has 7 heteroatoms. The van der Waals surface area contributed by atoms with Gasteiger partial charge in [-0.3, -0.25) is 0 Å². The fourth-order valence-electron chi connectivity index (χ4n) is 3.10. The molecular formula is C26H27N3O4. The van der Waals surface area contributed by atoms with Crippen molar-refractivity contribution in [2.45, 2.75) is 38.8 Å². The number of aliphatic carboxylic acids is 1. The lowest BCUT2D eigenvalue weighted by molar-refractivity contribution is -0.139. The molecule has 2 N–H and O–H groups in total. The van der Waals surface area contributed by atoms with Crippen molar-refractivity contribution in [2.75, 3.05) is 0 Å². The van der Waals surface area contributed by atoms with Crippen LogP contribution in [0, 0.1) is 0 Å². The van der Waals surface area contributed by atoms with Crippen LogP contribution in [0.2, 0.25) is 0 Å². The highest BCUT2D eigenvalue weighted by Crippen LogP contribution is 2.24. The molecule has 7 nitrogen and oxygen atoms in total. The average Bonchev–Trinajstić information content (AvgIpc) is 2.77. The van der Waals surface area contributed by atoms with Crippen molar-refractivity contribution in [3.05, 3.63) is 84.4 Å². The molecule has 0 aliphatic rings. The Bertz CT molecular complexity index is 1120. The Morgan fingerprint density at radius 2 is 1.52 bits per heavy atom. The number of azo groups is 1. The summed E-state index contributed by atoms with van der Waals surface area (Å²) < 4.78 is 5.16. The van der Waals surface area contributed by atoms with Gasteiger partial charge in [0, 0.05) is 6.42 Å². The van der Waals surface area contributed by atoms with Crippen molar-refractivity contribution in [1.82, 2.24) is 5.32 Å². The third-order valence-corrected chi connectivity index (χ3v) is 4.59. The quantitative estimate of drug-likeness (QED) is 0.417. The van der Waals surface area contributed by atoms with Crippen LogP contribution in [0.1, 0.15) is 26.3 Å². The Kier molecular flexibility index (Phi) is 7.56. The summed E-state index contributed by atoms with van der Waals surface area (Å²) in [6, 6.07) is 23.8. The Balaban J connectivity index is 1.66. The lowest BCUT2D eigenvalue weighted by atomic mass is 10.1. The van der Waals surface area contributed by atoms with Gasteiger partial charge in [-0.05, 0) is 61.7 Å². The van der Waals surface area contributed by atoms with Gasteiger partial charge in [-0.2, -0.15) is 10.2 Å². The molecule has 3 rings (SSSR count). The number of carbonyl (C=O) groups is 2. The second kappa shape index (κ2) is 10.5. The van der Waals surface area contributed by atoms with Crippen molar-refractivity contribution >= 4 is 23.4 Å². The van der Waals surface area contributed by atoms with Crippen LogP contribution in [-0.4, -0.2) is 28.8 Å². The molecule has 0 saturated carbocycles. The molecule has 0 unspecified atom stereocenters. The average molecular weight is 446 g/mol. The summed E-state index contributed by atoms with van der Waals surface area (Å²) in [5, 5.41) is 20.4. The summed E-state index contributed by atoms with van der Waals surface area (Å²) in [7, 11) is 0. The van der Waals surface area contributed by atoms with E-state index in [9.17, 15) is 14.7 Å². The van der Waals surface area contributed by atoms with Gasteiger partial charge in [0.05, 0.1) is 11.4 Å². The van der Waals surface area contributed by atoms with Crippen molar-refractivity contribution in [3.8, 4) is 11.1 Å². The number of amides is 1. The van der Waals surface area contributed by atoms with Gasteiger partial charge in [-0.1, -0.05) is 54.6 Å². The minimum atomic E-state index is -1.15. The van der Waals surface area contributed by atoms with E-state index in [1.807, 2.05) is 54.6 Å². The molecule has 1 atom stereocenters. The van der Waals surface area contributed by atoms with Crippen molar-refractivity contribution in [1.29, 1.82) is 0 Å². The van der Waals surface area contributed by atoms with Gasteiger partial charge >= 0.3 is 12.1 Å². The van der Waals surface area contributed by atoms with Crippen LogP contribution in [0.3, 0.4) is 0 Å². The second-order valence-corrected chi connectivity index (χ2v) is 8.52. The smallest absolute Gasteiger partial charge is 0.408 e. The summed E-state index contributed by atoms with van der Waals surface area (Å²) in [6.45, 7) is 5.14. The van der Waals surface area contributed by atoms with Gasteiger partial charge in [-0.25, -0.2) is 9.59 Å². The Labute approximate surface area is 193 Å². The van der Waals surface area contributed by atoms with Gasteiger partial charge in [0.15, 0.2) is 0 Å². The van der Waals surface area contributed by atoms with E-state index in [0.29, 0.717) is 16.9 Å². The first kappa shape index (κ1) is 23.7. The van der Waals surface area contributed by atoms with E-state index in [-0.39, 0.29) is 6.42 Å². The number of benzene rings is 3. The lowest BCUT2D eigenvalue weighted by Crippen LogP contribution is -2.44. The number of ether oxygens (including phenoxy) is 1. The van der Waals surface area contributed by atoms with E-state index in [2.05, 4.69) is 15.5 Å². The Morgan fingerprint density at radius 1 is 0.879 bits per heavy atom. The first-order chi connectivity index (χ1) is 15.7. The summed E-state index contributed by atoms with van der Waals surface area (Å²) >= 11 is 0. The van der Waals surface area contributed by atoms with Gasteiger partial charge in [0.2, 0.25) is 0 Å². The van der Waals surface area contributed by atoms with Crippen molar-refractivity contribution in [2.24, 2.45) is 10.2 Å². The van der Waals surface area contributed by atoms with E-state index < -0.39 is 23.7 Å². The predicted octanol–water partition coefficient (Wildman–Crippen LogP) is 6.29. The number of rotatable bonds is 7. The lowest BCUT2D eigenvalue weighted by Gasteiger charge is -2.22. The molecule has 3 aromatic carbocycles. The first-order valence-electron chi connectivity index (χ1n) is 10.6. The number of hydrogen-bond acceptors (Lipinski definition) is 5. The topological polar surface area (TPSA) is 100 Å². The number of alkyl carbamates (subject to hydrolysis) is 1. The molecule has 0 spiro atoms.